The summed E-state index contributed by atoms with van der Waals surface area (Å²) in [5, 5.41) is 11.6. The first kappa shape index (κ1) is 23.0. The zero-order valence-electron chi connectivity index (χ0n) is 20.0. The Morgan fingerprint density at radius 3 is 2.42 bits per heavy atom. The van der Waals surface area contributed by atoms with Gasteiger partial charge in [0.15, 0.2) is 12.1 Å². The van der Waals surface area contributed by atoms with Crippen LogP contribution in [0.2, 0.25) is 0 Å². The standard InChI is InChI=1S/C25H34O8/c1-11-14-9-15(31-12(2)26)19-24-16(23(4,5)8-7-17(24)32-13(3)27)10-18(33-22(24)30-6)25(19,20(11)28)21(14)29/h14-19,21-22,29H,1,7-10H2,2-6H3/t14-,15-,16+,17+,18-,19-,21?,22+,24+,25?/m0/s1. The van der Waals surface area contributed by atoms with Crippen LogP contribution in [-0.4, -0.2) is 60.6 Å². The van der Waals surface area contributed by atoms with Gasteiger partial charge < -0.3 is 24.1 Å². The van der Waals surface area contributed by atoms with Crippen molar-refractivity contribution >= 4 is 17.7 Å². The Bertz CT molecular complexity index is 925. The molecule has 0 amide bonds. The van der Waals surface area contributed by atoms with Crippen molar-refractivity contribution < 1.29 is 38.4 Å². The van der Waals surface area contributed by atoms with Gasteiger partial charge in [-0.2, -0.15) is 0 Å². The molecule has 2 heterocycles. The van der Waals surface area contributed by atoms with Crippen molar-refractivity contribution in [2.75, 3.05) is 7.11 Å². The number of methoxy groups -OCH3 is 1. The predicted octanol–water partition coefficient (Wildman–Crippen LogP) is 2.17. The highest BCUT2D eigenvalue weighted by Gasteiger charge is 2.84. The summed E-state index contributed by atoms with van der Waals surface area (Å²) in [5.41, 5.74) is -2.08. The number of hydrogen-bond acceptors (Lipinski definition) is 8. The van der Waals surface area contributed by atoms with E-state index < -0.39 is 65.3 Å². The number of aliphatic hydroxyl groups excluding tert-OH is 1. The van der Waals surface area contributed by atoms with E-state index in [2.05, 4.69) is 20.4 Å². The van der Waals surface area contributed by atoms with Gasteiger partial charge in [0, 0.05) is 32.8 Å². The van der Waals surface area contributed by atoms with E-state index in [0.717, 1.165) is 6.42 Å². The van der Waals surface area contributed by atoms with Gasteiger partial charge in [-0.25, -0.2) is 0 Å². The van der Waals surface area contributed by atoms with Crippen LogP contribution in [0.5, 0.6) is 0 Å². The quantitative estimate of drug-likeness (QED) is 0.502. The third-order valence-electron chi connectivity index (χ3n) is 9.59. The summed E-state index contributed by atoms with van der Waals surface area (Å²) >= 11 is 0. The summed E-state index contributed by atoms with van der Waals surface area (Å²) in [5.74, 6) is -2.26. The Balaban J connectivity index is 1.80. The average molecular weight is 463 g/mol. The van der Waals surface area contributed by atoms with Crippen LogP contribution in [0.15, 0.2) is 12.2 Å². The van der Waals surface area contributed by atoms with Crippen LogP contribution >= 0.6 is 0 Å². The molecule has 6 rings (SSSR count). The Morgan fingerprint density at radius 1 is 1.15 bits per heavy atom. The molecule has 2 aliphatic heterocycles. The molecule has 33 heavy (non-hydrogen) atoms. The summed E-state index contributed by atoms with van der Waals surface area (Å²) in [6.07, 6.45) is -1.45. The van der Waals surface area contributed by atoms with Crippen LogP contribution in [0.4, 0.5) is 0 Å². The molecule has 1 N–H and O–H groups in total. The SMILES string of the molecule is C=C1C(=O)C23C(O)[C@H]1C[C@H](OC(C)=O)[C@H]2[C@@]12[C@H](OC)O[C@H]3C[C@@H]1C(C)(C)CC[C@H]2OC(C)=O. The lowest BCUT2D eigenvalue weighted by Gasteiger charge is -2.73. The topological polar surface area (TPSA) is 108 Å². The molecule has 4 bridgehead atoms. The van der Waals surface area contributed by atoms with E-state index in [9.17, 15) is 19.5 Å². The van der Waals surface area contributed by atoms with Gasteiger partial charge in [-0.3, -0.25) is 14.4 Å². The molecule has 0 aromatic heterocycles. The van der Waals surface area contributed by atoms with Crippen molar-refractivity contribution in [3.05, 3.63) is 12.2 Å². The number of carbonyl (C=O) groups excluding carboxylic acids is 3. The molecular formula is C25H34O8. The fourth-order valence-corrected chi connectivity index (χ4v) is 8.69. The number of fused-ring (bicyclic) bond motifs is 2. The highest BCUT2D eigenvalue weighted by Crippen LogP contribution is 2.76. The maximum absolute atomic E-state index is 13.9. The monoisotopic (exact) mass is 462 g/mol. The van der Waals surface area contributed by atoms with Crippen LogP contribution < -0.4 is 0 Å². The molecule has 182 valence electrons. The first-order chi connectivity index (χ1) is 15.4. The molecule has 2 spiro atoms. The first-order valence-electron chi connectivity index (χ1n) is 11.9. The van der Waals surface area contributed by atoms with Gasteiger partial charge in [0.2, 0.25) is 0 Å². The third-order valence-corrected chi connectivity index (χ3v) is 9.59. The Kier molecular flexibility index (Phi) is 4.96. The lowest BCUT2D eigenvalue weighted by atomic mass is 9.36. The number of ether oxygens (including phenoxy) is 4. The van der Waals surface area contributed by atoms with Crippen LogP contribution in [0.25, 0.3) is 0 Å². The smallest absolute Gasteiger partial charge is 0.302 e. The molecule has 0 aromatic carbocycles. The Morgan fingerprint density at radius 2 is 1.82 bits per heavy atom. The molecule has 2 saturated heterocycles. The van der Waals surface area contributed by atoms with Gasteiger partial charge >= 0.3 is 11.9 Å². The lowest BCUT2D eigenvalue weighted by Crippen LogP contribution is -2.81. The van der Waals surface area contributed by atoms with Gasteiger partial charge in [-0.05, 0) is 42.6 Å². The van der Waals surface area contributed by atoms with E-state index in [4.69, 9.17) is 18.9 Å². The second-order valence-corrected chi connectivity index (χ2v) is 11.3. The van der Waals surface area contributed by atoms with Crippen molar-refractivity contribution in [2.24, 2.45) is 34.0 Å². The minimum atomic E-state index is -1.31. The first-order valence-corrected chi connectivity index (χ1v) is 11.9. The molecule has 6 fully saturated rings. The average Bonchev–Trinajstić information content (AvgIpc) is 2.85. The molecule has 6 aliphatic rings. The van der Waals surface area contributed by atoms with Crippen molar-refractivity contribution in [1.82, 2.24) is 0 Å². The highest BCUT2D eigenvalue weighted by molar-refractivity contribution is 6.05. The molecular weight excluding hydrogens is 428 g/mol. The van der Waals surface area contributed by atoms with E-state index in [1.165, 1.54) is 13.8 Å². The molecule has 4 aliphatic carbocycles. The van der Waals surface area contributed by atoms with Gasteiger partial charge in [-0.1, -0.05) is 20.4 Å². The molecule has 0 aromatic rings. The summed E-state index contributed by atoms with van der Waals surface area (Å²) in [6, 6.07) is 0. The van der Waals surface area contributed by atoms with E-state index in [-0.39, 0.29) is 17.1 Å². The van der Waals surface area contributed by atoms with Gasteiger partial charge in [-0.15, -0.1) is 0 Å². The number of esters is 2. The normalized spacial score (nSPS) is 49.3. The molecule has 4 saturated carbocycles. The third kappa shape index (κ3) is 2.60. The summed E-state index contributed by atoms with van der Waals surface area (Å²) in [7, 11) is 1.55. The van der Waals surface area contributed by atoms with Crippen molar-refractivity contribution in [1.29, 1.82) is 0 Å². The highest BCUT2D eigenvalue weighted by atomic mass is 16.7. The van der Waals surface area contributed by atoms with Crippen LogP contribution in [0.3, 0.4) is 0 Å². The number of carbonyl (C=O) groups is 3. The van der Waals surface area contributed by atoms with Crippen molar-refractivity contribution in [3.8, 4) is 0 Å². The van der Waals surface area contributed by atoms with E-state index >= 15 is 0 Å². The Hall–Kier alpha value is -1.77. The number of aliphatic hydroxyl groups is 1. The van der Waals surface area contributed by atoms with Crippen molar-refractivity contribution in [3.63, 3.8) is 0 Å². The molecule has 2 unspecified atom stereocenters. The fourth-order valence-electron chi connectivity index (χ4n) is 8.69. The lowest BCUT2D eigenvalue weighted by molar-refractivity contribution is -0.415. The number of Topliss-reactive ketones (excluding diaryl/α,β-unsaturated/α-hetero) is 1. The molecule has 8 nitrogen and oxygen atoms in total. The molecule has 10 atom stereocenters. The largest absolute Gasteiger partial charge is 0.462 e. The maximum Gasteiger partial charge on any atom is 0.302 e. The fraction of sp³-hybridized carbons (Fsp3) is 0.800. The Labute approximate surface area is 194 Å². The zero-order chi connectivity index (χ0) is 24.1. The predicted molar refractivity (Wildman–Crippen MR) is 115 cm³/mol. The summed E-state index contributed by atoms with van der Waals surface area (Å²) in [4.78, 5) is 38.4. The van der Waals surface area contributed by atoms with Crippen LogP contribution in [-0.2, 0) is 33.3 Å². The van der Waals surface area contributed by atoms with E-state index in [1.54, 1.807) is 7.11 Å². The number of ketones is 1. The van der Waals surface area contributed by atoms with Crippen molar-refractivity contribution in [2.45, 2.75) is 84.1 Å². The number of hydrogen-bond donors (Lipinski definition) is 1. The van der Waals surface area contributed by atoms with E-state index in [1.807, 2.05) is 0 Å². The van der Waals surface area contributed by atoms with Crippen LogP contribution in [0, 0.1) is 34.0 Å². The molecule has 0 radical (unpaired) electrons. The summed E-state index contributed by atoms with van der Waals surface area (Å²) in [6.45, 7) is 11.1. The number of rotatable bonds is 3. The zero-order valence-corrected chi connectivity index (χ0v) is 20.0. The minimum Gasteiger partial charge on any atom is -0.462 e. The maximum atomic E-state index is 13.9. The minimum absolute atomic E-state index is 0.0362. The summed E-state index contributed by atoms with van der Waals surface area (Å²) < 4.78 is 24.2. The van der Waals surface area contributed by atoms with Gasteiger partial charge in [0.05, 0.1) is 23.0 Å². The van der Waals surface area contributed by atoms with E-state index in [0.29, 0.717) is 24.8 Å². The second-order valence-electron chi connectivity index (χ2n) is 11.3. The molecule has 8 heteroatoms. The van der Waals surface area contributed by atoms with Gasteiger partial charge in [0.25, 0.3) is 0 Å². The van der Waals surface area contributed by atoms with Gasteiger partial charge in [0.1, 0.15) is 12.2 Å². The second kappa shape index (κ2) is 7.12. The van der Waals surface area contributed by atoms with Crippen LogP contribution in [0.1, 0.15) is 53.4 Å².